The van der Waals surface area contributed by atoms with Crippen LogP contribution in [0.5, 0.6) is 0 Å². The molecule has 0 bridgehead atoms. The number of unbranched alkanes of at least 4 members (excludes halogenated alkanes) is 5. The zero-order chi connectivity index (χ0) is 61.3. The second kappa shape index (κ2) is 34.9. The fraction of sp³-hybridized carbons (Fsp3) is 0.828. The largest absolute Gasteiger partial charge is 0.395 e. The van der Waals surface area contributed by atoms with Crippen LogP contribution in [-0.2, 0) is 47.9 Å². The van der Waals surface area contributed by atoms with Crippen LogP contribution < -0.4 is 47.9 Å². The molecule has 22 nitrogen and oxygen atoms in total. The number of carbonyl (C=O) groups is 10. The van der Waals surface area contributed by atoms with Crippen molar-refractivity contribution in [3.63, 3.8) is 0 Å². The van der Waals surface area contributed by atoms with Crippen molar-refractivity contribution in [1.29, 1.82) is 0 Å². The van der Waals surface area contributed by atoms with E-state index in [0.717, 1.165) is 32.1 Å². The second-order valence-electron chi connectivity index (χ2n) is 24.4. The van der Waals surface area contributed by atoms with Gasteiger partial charge in [-0.05, 0) is 105 Å². The average molecular weight is 1140 g/mol. The Balaban J connectivity index is 3.22. The zero-order valence-corrected chi connectivity index (χ0v) is 51.5. The van der Waals surface area contributed by atoms with E-state index in [0.29, 0.717) is 45.3 Å². The molecule has 0 aromatic heterocycles. The number of hydrogen-bond donors (Lipinski definition) is 11. The summed E-state index contributed by atoms with van der Waals surface area (Å²) in [6.07, 6.45) is 8.06. The molecule has 1 aliphatic rings. The van der Waals surface area contributed by atoms with Gasteiger partial charge in [-0.3, -0.25) is 47.9 Å². The number of ketones is 1. The highest BCUT2D eigenvalue weighted by molar-refractivity contribution is 6.00. The predicted octanol–water partition coefficient (Wildman–Crippen LogP) is 2.94. The third-order valence-corrected chi connectivity index (χ3v) is 15.0. The summed E-state index contributed by atoms with van der Waals surface area (Å²) in [5, 5.41) is 44.6. The van der Waals surface area contributed by atoms with Crippen molar-refractivity contribution in [1.82, 2.24) is 52.8 Å². The lowest BCUT2D eigenvalue weighted by atomic mass is 9.92. The number of rotatable bonds is 38. The van der Waals surface area contributed by atoms with E-state index in [4.69, 9.17) is 5.11 Å². The normalized spacial score (nSPS) is 17.3. The topological polar surface area (TPSA) is 323 Å². The molecule has 0 spiro atoms. The van der Waals surface area contributed by atoms with Gasteiger partial charge in [0.2, 0.25) is 53.2 Å². The first kappa shape index (κ1) is 72.8. The van der Waals surface area contributed by atoms with Crippen LogP contribution in [0.4, 0.5) is 0 Å². The molecule has 1 saturated heterocycles. The quantitative estimate of drug-likeness (QED) is 0.0397. The third-order valence-electron chi connectivity index (χ3n) is 15.0. The van der Waals surface area contributed by atoms with E-state index < -0.39 is 112 Å². The average Bonchev–Trinajstić information content (AvgIpc) is 3.87. The molecular formula is C58H106N10O12. The summed E-state index contributed by atoms with van der Waals surface area (Å²) in [4.78, 5) is 138. The number of amides is 9. The minimum atomic E-state index is -1.67. The molecule has 1 heterocycles. The Kier molecular flexibility index (Phi) is 31.8. The van der Waals surface area contributed by atoms with Crippen LogP contribution in [0, 0.1) is 23.7 Å². The van der Waals surface area contributed by atoms with Crippen LogP contribution in [0.25, 0.3) is 0 Å². The van der Waals surface area contributed by atoms with Crippen LogP contribution in [0.1, 0.15) is 201 Å². The minimum Gasteiger partial charge on any atom is -0.395 e. The molecule has 1 rings (SSSR count). The van der Waals surface area contributed by atoms with Gasteiger partial charge in [-0.1, -0.05) is 100 Å². The highest BCUT2D eigenvalue weighted by Crippen LogP contribution is 2.24. The fourth-order valence-electron chi connectivity index (χ4n) is 9.34. The molecule has 0 saturated carbocycles. The van der Waals surface area contributed by atoms with Gasteiger partial charge >= 0.3 is 0 Å². The molecule has 0 aromatic rings. The zero-order valence-electron chi connectivity index (χ0n) is 51.5. The van der Waals surface area contributed by atoms with Crippen LogP contribution in [0.3, 0.4) is 0 Å². The van der Waals surface area contributed by atoms with Crippen LogP contribution in [0.2, 0.25) is 0 Å². The first-order valence-corrected chi connectivity index (χ1v) is 29.5. The van der Waals surface area contributed by atoms with Gasteiger partial charge in [-0.2, -0.15) is 0 Å². The summed E-state index contributed by atoms with van der Waals surface area (Å²) in [6.45, 7) is 27.5. The summed E-state index contributed by atoms with van der Waals surface area (Å²) in [5.74, 6) is -7.20. The monoisotopic (exact) mass is 1130 g/mol. The van der Waals surface area contributed by atoms with E-state index in [2.05, 4.69) is 54.8 Å². The smallest absolute Gasteiger partial charge is 0.246 e. The highest BCUT2D eigenvalue weighted by atomic mass is 16.3. The maximum atomic E-state index is 14.2. The maximum absolute atomic E-state index is 14.2. The Morgan fingerprint density at radius 1 is 0.625 bits per heavy atom. The number of aliphatic hydroxyl groups excluding tert-OH is 2. The van der Waals surface area contributed by atoms with Gasteiger partial charge in [0.25, 0.3) is 0 Å². The molecule has 80 heavy (non-hydrogen) atoms. The molecule has 0 aliphatic carbocycles. The van der Waals surface area contributed by atoms with E-state index in [-0.39, 0.29) is 61.9 Å². The number of hydrogen-bond acceptors (Lipinski definition) is 13. The Bertz CT molecular complexity index is 2050. The Morgan fingerprint density at radius 3 is 1.79 bits per heavy atom. The Morgan fingerprint density at radius 2 is 1.20 bits per heavy atom. The first-order chi connectivity index (χ1) is 37.2. The SMILES string of the molecule is CCCCCCCCC(C)C(=O)N1CCC[C@H]1C(=O)NC(CC(C)CC(O)CC(=O)CC)C(=O)N[C@@H](C)C(=O)NC(C)(C)C(=O)N[C@H](C(=O)N[C@H](C(=O)NC(C)(C)C(=O)NC(C)(C)C(=O)NC(C)CNCCO)C(C)C)[C@@H](C)CC. The molecule has 460 valence electrons. The van der Waals surface area contributed by atoms with Crippen molar-refractivity contribution in [3.05, 3.63) is 0 Å². The van der Waals surface area contributed by atoms with Crippen molar-refractivity contribution in [2.45, 2.75) is 260 Å². The standard InChI is InChI=1S/C58H106N10O12/c1-17-20-21-22-23-24-26-38(8)52(77)68-29-25-27-44(68)49(74)62-43(32-36(6)31-42(71)33-41(70)19-3)48(73)61-40(10)47(72)65-56(11,12)54(79)64-46(37(7)18-2)50(75)63-45(35(4)5)51(76)66-58(15,16)55(80)67-57(13,14)53(78)60-39(9)34-59-28-30-69/h35-40,42-46,59,69,71H,17-34H2,1-16H3,(H,60,78)(H,61,73)(H,62,74)(H,63,75)(H,64,79)(H,65,72)(H,66,76)(H,67,80)/t36?,37-,38?,39?,40-,42?,43?,44-,45-,46-/m0/s1. The summed E-state index contributed by atoms with van der Waals surface area (Å²) >= 11 is 0. The van der Waals surface area contributed by atoms with Crippen molar-refractivity contribution in [3.8, 4) is 0 Å². The van der Waals surface area contributed by atoms with Crippen molar-refractivity contribution in [2.24, 2.45) is 23.7 Å². The Labute approximate surface area is 477 Å². The van der Waals surface area contributed by atoms with E-state index >= 15 is 0 Å². The molecule has 1 fully saturated rings. The Hall–Kier alpha value is -5.22. The van der Waals surface area contributed by atoms with Crippen LogP contribution >= 0.6 is 0 Å². The summed E-state index contributed by atoms with van der Waals surface area (Å²) in [6, 6.07) is -5.99. The van der Waals surface area contributed by atoms with E-state index in [9.17, 15) is 53.1 Å². The highest BCUT2D eigenvalue weighted by Gasteiger charge is 2.42. The fourth-order valence-corrected chi connectivity index (χ4v) is 9.34. The minimum absolute atomic E-state index is 0.0300. The van der Waals surface area contributed by atoms with Gasteiger partial charge in [0, 0.05) is 44.4 Å². The van der Waals surface area contributed by atoms with Crippen LogP contribution in [-0.4, -0.2) is 159 Å². The van der Waals surface area contributed by atoms with Crippen LogP contribution in [0.15, 0.2) is 0 Å². The van der Waals surface area contributed by atoms with Crippen molar-refractivity contribution >= 4 is 58.9 Å². The van der Waals surface area contributed by atoms with Gasteiger partial charge in [-0.15, -0.1) is 0 Å². The van der Waals surface area contributed by atoms with Crippen molar-refractivity contribution in [2.75, 3.05) is 26.2 Å². The second-order valence-corrected chi connectivity index (χ2v) is 24.4. The lowest BCUT2D eigenvalue weighted by Gasteiger charge is -2.35. The predicted molar refractivity (Wildman–Crippen MR) is 308 cm³/mol. The molecule has 0 aromatic carbocycles. The van der Waals surface area contributed by atoms with Gasteiger partial charge in [-0.25, -0.2) is 0 Å². The molecule has 0 radical (unpaired) electrons. The number of aliphatic hydroxyl groups is 2. The molecule has 10 atom stereocenters. The van der Waals surface area contributed by atoms with Gasteiger partial charge < -0.3 is 63.0 Å². The van der Waals surface area contributed by atoms with E-state index in [1.807, 2.05) is 13.8 Å². The summed E-state index contributed by atoms with van der Waals surface area (Å²) in [5.41, 5.74) is -4.64. The summed E-state index contributed by atoms with van der Waals surface area (Å²) < 4.78 is 0. The first-order valence-electron chi connectivity index (χ1n) is 29.5. The van der Waals surface area contributed by atoms with Gasteiger partial charge in [0.05, 0.1) is 12.7 Å². The summed E-state index contributed by atoms with van der Waals surface area (Å²) in [7, 11) is 0. The molecule has 11 N–H and O–H groups in total. The number of likely N-dealkylation sites (tertiary alicyclic amines) is 1. The lowest BCUT2D eigenvalue weighted by molar-refractivity contribution is -0.142. The van der Waals surface area contributed by atoms with E-state index in [1.165, 1.54) is 54.9 Å². The van der Waals surface area contributed by atoms with Gasteiger partial charge in [0.15, 0.2) is 0 Å². The number of carbonyl (C=O) groups excluding carboxylic acids is 10. The van der Waals surface area contributed by atoms with Gasteiger partial charge in [0.1, 0.15) is 52.6 Å². The maximum Gasteiger partial charge on any atom is 0.246 e. The number of Topliss-reactive ketones (excluding diaryl/α,β-unsaturated/α-hetero) is 1. The number of nitrogens with one attached hydrogen (secondary N) is 9. The lowest BCUT2D eigenvalue weighted by Crippen LogP contribution is -2.66. The molecular weight excluding hydrogens is 1030 g/mol. The molecule has 22 heteroatoms. The number of nitrogens with zero attached hydrogens (tertiary/aromatic N) is 1. The van der Waals surface area contributed by atoms with E-state index in [1.54, 1.807) is 46.4 Å². The molecule has 5 unspecified atom stereocenters. The molecule has 9 amide bonds. The third kappa shape index (κ3) is 24.9. The molecule has 1 aliphatic heterocycles. The van der Waals surface area contributed by atoms with Crippen molar-refractivity contribution < 1.29 is 58.2 Å².